The van der Waals surface area contributed by atoms with Crippen molar-refractivity contribution >= 4 is 23.1 Å². The Morgan fingerprint density at radius 3 is 0.947 bits per heavy atom. The van der Waals surface area contributed by atoms with Crippen LogP contribution in [-0.2, 0) is 23.8 Å². The second kappa shape index (κ2) is 16.2. The molecule has 38 heavy (non-hydrogen) atoms. The third-order valence-electron chi connectivity index (χ3n) is 6.83. The van der Waals surface area contributed by atoms with E-state index in [9.17, 15) is 0 Å². The summed E-state index contributed by atoms with van der Waals surface area (Å²) in [4.78, 5) is 0. The van der Waals surface area contributed by atoms with Crippen molar-refractivity contribution in [2.45, 2.75) is 78.6 Å². The van der Waals surface area contributed by atoms with Crippen molar-refractivity contribution in [3.63, 3.8) is 0 Å². The van der Waals surface area contributed by atoms with Gasteiger partial charge in [0, 0.05) is 15.9 Å². The van der Waals surface area contributed by atoms with Crippen molar-refractivity contribution in [3.8, 4) is 0 Å². The lowest BCUT2D eigenvalue weighted by molar-refractivity contribution is 0.592. The molecule has 0 aliphatic carbocycles. The molecule has 0 aliphatic heterocycles. The molecule has 0 amide bonds. The van der Waals surface area contributed by atoms with Gasteiger partial charge in [0.15, 0.2) is 7.14 Å². The molecule has 0 unspecified atom stereocenters. The first-order valence-corrected chi connectivity index (χ1v) is 16.2. The molecule has 3 rings (SSSR count). The fraction of sp³-hybridized carbons (Fsp3) is 0.333. The van der Waals surface area contributed by atoms with Crippen LogP contribution in [0.5, 0.6) is 0 Å². The van der Waals surface area contributed by atoms with Crippen molar-refractivity contribution in [2.75, 3.05) is 0 Å². The Morgan fingerprint density at radius 2 is 0.711 bits per heavy atom. The van der Waals surface area contributed by atoms with Crippen LogP contribution in [0.25, 0.3) is 0 Å². The highest BCUT2D eigenvalue weighted by atomic mass is 31.2. The van der Waals surface area contributed by atoms with E-state index in [-0.39, 0.29) is 0 Å². The summed E-state index contributed by atoms with van der Waals surface area (Å²) in [6, 6.07) is 25.3. The van der Waals surface area contributed by atoms with E-state index in [0.717, 1.165) is 54.4 Å². The maximum Gasteiger partial charge on any atom is 0.171 e. The molecule has 0 spiro atoms. The molecule has 0 aromatic heterocycles. The second-order valence-electron chi connectivity index (χ2n) is 10.0. The third-order valence-corrected chi connectivity index (χ3v) is 9.90. The van der Waals surface area contributed by atoms with Crippen LogP contribution >= 0.6 is 7.14 Å². The minimum Gasteiger partial charge on any atom is -0.309 e. The zero-order valence-corrected chi connectivity index (χ0v) is 24.5. The average molecular weight is 525 g/mol. The topological polar surface area (TPSA) is 17.1 Å². The van der Waals surface area contributed by atoms with Crippen molar-refractivity contribution in [3.05, 3.63) is 126 Å². The molecule has 0 radical (unpaired) electrons. The monoisotopic (exact) mass is 524 g/mol. The van der Waals surface area contributed by atoms with Crippen LogP contribution in [-0.4, -0.2) is 0 Å². The van der Waals surface area contributed by atoms with Gasteiger partial charge in [0.05, 0.1) is 0 Å². The molecule has 0 bridgehead atoms. The van der Waals surface area contributed by atoms with Crippen molar-refractivity contribution in [1.82, 2.24) is 0 Å². The van der Waals surface area contributed by atoms with Gasteiger partial charge >= 0.3 is 0 Å². The summed E-state index contributed by atoms with van der Waals surface area (Å²) in [7, 11) is -3.00. The molecule has 1 nitrogen and oxygen atoms in total. The molecule has 0 heterocycles. The highest BCUT2D eigenvalue weighted by Crippen LogP contribution is 2.42. The highest BCUT2D eigenvalue weighted by Gasteiger charge is 2.29. The van der Waals surface area contributed by atoms with Crippen LogP contribution in [0.4, 0.5) is 0 Å². The quantitative estimate of drug-likeness (QED) is 0.143. The van der Waals surface area contributed by atoms with Crippen molar-refractivity contribution < 1.29 is 4.57 Å². The molecule has 0 saturated heterocycles. The Morgan fingerprint density at radius 1 is 0.447 bits per heavy atom. The molecular weight excluding hydrogens is 479 g/mol. The van der Waals surface area contributed by atoms with Crippen molar-refractivity contribution in [1.29, 1.82) is 0 Å². The maximum atomic E-state index is 15.0. The number of allylic oxidation sites excluding steroid dienone is 6. The first kappa shape index (κ1) is 29.7. The summed E-state index contributed by atoms with van der Waals surface area (Å²) in [6.07, 6.45) is 23.0. The van der Waals surface area contributed by atoms with Gasteiger partial charge in [0.25, 0.3) is 0 Å². The standard InChI is InChI=1S/C36H45OP/c1-4-7-10-13-16-31-19-25-34(26-20-31)38(37,35-27-21-32(22-28-35)17-14-11-8-5-2)36-29-23-33(24-30-36)18-15-12-9-6-3/h10-15,19-30H,4-9,16-18H2,1-3H3/b13-10+,14-11+,15-12+. The first-order valence-electron chi connectivity index (χ1n) is 14.4. The Hall–Kier alpha value is -2.89. The number of benzene rings is 3. The molecule has 0 N–H and O–H groups in total. The van der Waals surface area contributed by atoms with E-state index in [1.165, 1.54) is 36.0 Å². The van der Waals surface area contributed by atoms with Crippen LogP contribution in [0.2, 0.25) is 0 Å². The van der Waals surface area contributed by atoms with Crippen LogP contribution in [0, 0.1) is 0 Å². The zero-order valence-electron chi connectivity index (χ0n) is 23.6. The Kier molecular flexibility index (Phi) is 12.6. The van der Waals surface area contributed by atoms with Gasteiger partial charge in [-0.2, -0.15) is 0 Å². The average Bonchev–Trinajstić information content (AvgIpc) is 2.96. The lowest BCUT2D eigenvalue weighted by Gasteiger charge is -2.21. The van der Waals surface area contributed by atoms with Crippen LogP contribution in [0.3, 0.4) is 0 Å². The van der Waals surface area contributed by atoms with E-state index in [4.69, 9.17) is 0 Å². The van der Waals surface area contributed by atoms with Gasteiger partial charge in [0.1, 0.15) is 0 Å². The summed E-state index contributed by atoms with van der Waals surface area (Å²) < 4.78 is 15.0. The van der Waals surface area contributed by atoms with Crippen LogP contribution in [0.15, 0.2) is 109 Å². The lowest BCUT2D eigenvalue weighted by atomic mass is 10.1. The number of rotatable bonds is 15. The van der Waals surface area contributed by atoms with Gasteiger partial charge < -0.3 is 4.57 Å². The fourth-order valence-electron chi connectivity index (χ4n) is 4.48. The largest absolute Gasteiger partial charge is 0.309 e. The first-order chi connectivity index (χ1) is 18.6. The summed E-state index contributed by atoms with van der Waals surface area (Å²) in [5, 5.41) is 2.68. The van der Waals surface area contributed by atoms with Gasteiger partial charge in [-0.3, -0.25) is 0 Å². The number of unbranched alkanes of at least 4 members (excludes halogenated alkanes) is 3. The summed E-state index contributed by atoms with van der Waals surface area (Å²) in [6.45, 7) is 6.59. The van der Waals surface area contributed by atoms with Gasteiger partial charge in [-0.15, -0.1) is 0 Å². The molecule has 0 aliphatic rings. The zero-order chi connectivity index (χ0) is 27.1. The van der Waals surface area contributed by atoms with Gasteiger partial charge in [-0.1, -0.05) is 149 Å². The van der Waals surface area contributed by atoms with Crippen LogP contribution in [0.1, 0.15) is 76.0 Å². The SMILES string of the molecule is CCC/C=C/Cc1ccc(P(=O)(c2ccc(C/C=C/CCC)cc2)c2ccc(C/C=C/CCC)cc2)cc1. The van der Waals surface area contributed by atoms with Gasteiger partial charge in [0.2, 0.25) is 0 Å². The van der Waals surface area contributed by atoms with Gasteiger partial charge in [-0.05, 0) is 55.2 Å². The predicted octanol–water partition coefficient (Wildman–Crippen LogP) is 9.02. The molecule has 0 atom stereocenters. The molecule has 3 aromatic rings. The lowest BCUT2D eigenvalue weighted by Crippen LogP contribution is -2.25. The Labute approximate surface area is 231 Å². The predicted molar refractivity (Wildman–Crippen MR) is 169 cm³/mol. The fourth-order valence-corrected chi connectivity index (χ4v) is 7.09. The third kappa shape index (κ3) is 8.57. The summed E-state index contributed by atoms with van der Waals surface area (Å²) in [5.41, 5.74) is 3.74. The number of hydrogen-bond donors (Lipinski definition) is 0. The Balaban J connectivity index is 1.92. The maximum absolute atomic E-state index is 15.0. The van der Waals surface area contributed by atoms with E-state index in [1.807, 2.05) is 0 Å². The molecule has 2 heteroatoms. The van der Waals surface area contributed by atoms with E-state index >= 15 is 4.57 Å². The van der Waals surface area contributed by atoms with Crippen molar-refractivity contribution in [2.24, 2.45) is 0 Å². The van der Waals surface area contributed by atoms with E-state index in [2.05, 4.69) is 130 Å². The second-order valence-corrected chi connectivity index (χ2v) is 12.8. The Bertz CT molecular complexity index is 1060. The highest BCUT2D eigenvalue weighted by molar-refractivity contribution is 7.85. The molecular formula is C36H45OP. The number of hydrogen-bond acceptors (Lipinski definition) is 1. The smallest absolute Gasteiger partial charge is 0.171 e. The van der Waals surface area contributed by atoms with Gasteiger partial charge in [-0.25, -0.2) is 0 Å². The molecule has 0 saturated carbocycles. The minimum absolute atomic E-state index is 0.893. The normalized spacial score (nSPS) is 12.3. The molecule has 3 aromatic carbocycles. The summed E-state index contributed by atoms with van der Waals surface area (Å²) >= 11 is 0. The minimum atomic E-state index is -3.00. The van der Waals surface area contributed by atoms with Crippen LogP contribution < -0.4 is 15.9 Å². The van der Waals surface area contributed by atoms with E-state index in [0.29, 0.717) is 0 Å². The van der Waals surface area contributed by atoms with E-state index in [1.54, 1.807) is 0 Å². The molecule has 0 fully saturated rings. The molecule has 200 valence electrons. The summed E-state index contributed by atoms with van der Waals surface area (Å²) in [5.74, 6) is 0. The van der Waals surface area contributed by atoms with E-state index < -0.39 is 7.14 Å².